The molecule has 1 unspecified atom stereocenters. The number of carbonyl (C=O) groups is 1. The topological polar surface area (TPSA) is 68.7 Å². The number of hydrogen-bond donors (Lipinski definition) is 1. The molecule has 20 heavy (non-hydrogen) atoms. The number of benzene rings is 1. The first-order chi connectivity index (χ1) is 9.63. The average Bonchev–Trinajstić information content (AvgIpc) is 2.85. The molecule has 2 aromatic rings. The van der Waals surface area contributed by atoms with Crippen molar-refractivity contribution in [3.05, 3.63) is 47.2 Å². The van der Waals surface area contributed by atoms with Gasteiger partial charge in [0, 0.05) is 30.9 Å². The van der Waals surface area contributed by atoms with E-state index in [1.807, 2.05) is 0 Å². The molecule has 1 atom stereocenters. The lowest BCUT2D eigenvalue weighted by molar-refractivity contribution is -0.144. The maximum Gasteiger partial charge on any atom is 0.345 e. The van der Waals surface area contributed by atoms with Crippen molar-refractivity contribution < 1.29 is 19.4 Å². The first kappa shape index (κ1) is 12.7. The average molecular weight is 292 g/mol. The molecule has 1 aliphatic heterocycles. The predicted molar refractivity (Wildman–Crippen MR) is 71.5 cm³/mol. The number of nitrogens with zero attached hydrogens (tertiary/aromatic N) is 1. The Morgan fingerprint density at radius 1 is 1.45 bits per heavy atom. The smallest absolute Gasteiger partial charge is 0.345 e. The number of hydrogen-bond acceptors (Lipinski definition) is 4. The van der Waals surface area contributed by atoms with Crippen molar-refractivity contribution in [2.75, 3.05) is 0 Å². The molecule has 0 saturated heterocycles. The van der Waals surface area contributed by atoms with Gasteiger partial charge in [-0.05, 0) is 11.6 Å². The summed E-state index contributed by atoms with van der Waals surface area (Å²) in [6, 6.07) is 6.86. The molecule has 0 spiro atoms. The molecule has 3 rings (SSSR count). The van der Waals surface area contributed by atoms with Crippen molar-refractivity contribution in [2.45, 2.75) is 12.5 Å². The van der Waals surface area contributed by atoms with Crippen molar-refractivity contribution in [1.82, 2.24) is 4.98 Å². The van der Waals surface area contributed by atoms with Gasteiger partial charge in [-0.1, -0.05) is 17.7 Å². The van der Waals surface area contributed by atoms with Crippen LogP contribution in [-0.4, -0.2) is 22.2 Å². The Morgan fingerprint density at radius 3 is 3.05 bits per heavy atom. The van der Waals surface area contributed by atoms with Crippen LogP contribution in [0.5, 0.6) is 17.2 Å². The van der Waals surface area contributed by atoms with E-state index in [9.17, 15) is 4.79 Å². The molecular formula is C14H10ClNO4. The Morgan fingerprint density at radius 2 is 2.30 bits per heavy atom. The summed E-state index contributed by atoms with van der Waals surface area (Å²) in [6.45, 7) is 0. The number of pyridine rings is 1. The second kappa shape index (κ2) is 5.02. The lowest BCUT2D eigenvalue weighted by atomic mass is 10.1. The third kappa shape index (κ3) is 2.40. The van der Waals surface area contributed by atoms with Gasteiger partial charge in [0.05, 0.1) is 0 Å². The highest BCUT2D eigenvalue weighted by Crippen LogP contribution is 2.35. The molecule has 6 heteroatoms. The van der Waals surface area contributed by atoms with Crippen LogP contribution in [0, 0.1) is 0 Å². The number of carboxylic acid groups (broad SMARTS) is 1. The van der Waals surface area contributed by atoms with Gasteiger partial charge in [-0.3, -0.25) is 4.98 Å². The van der Waals surface area contributed by atoms with Crippen molar-refractivity contribution in [2.24, 2.45) is 0 Å². The fraction of sp³-hybridized carbons (Fsp3) is 0.143. The van der Waals surface area contributed by atoms with E-state index < -0.39 is 12.1 Å². The number of carboxylic acids is 1. The van der Waals surface area contributed by atoms with E-state index in [2.05, 4.69) is 4.98 Å². The van der Waals surface area contributed by atoms with Gasteiger partial charge < -0.3 is 14.6 Å². The zero-order valence-electron chi connectivity index (χ0n) is 10.2. The van der Waals surface area contributed by atoms with Crippen LogP contribution in [0.15, 0.2) is 36.7 Å². The molecule has 1 aliphatic rings. The number of aliphatic carboxylic acids is 1. The van der Waals surface area contributed by atoms with Crippen LogP contribution in [0.1, 0.15) is 5.56 Å². The van der Waals surface area contributed by atoms with Crippen LogP contribution in [0.3, 0.4) is 0 Å². The normalized spacial score (nSPS) is 16.4. The minimum atomic E-state index is -0.971. The van der Waals surface area contributed by atoms with Crippen LogP contribution in [0.2, 0.25) is 5.02 Å². The fourth-order valence-corrected chi connectivity index (χ4v) is 2.14. The summed E-state index contributed by atoms with van der Waals surface area (Å²) in [5.74, 6) is 0.568. The highest BCUT2D eigenvalue weighted by molar-refractivity contribution is 6.31. The van der Waals surface area contributed by atoms with Gasteiger partial charge in [0.15, 0.2) is 6.10 Å². The first-order valence-electron chi connectivity index (χ1n) is 5.93. The minimum absolute atomic E-state index is 0.362. The van der Waals surface area contributed by atoms with E-state index >= 15 is 0 Å². The Bertz CT molecular complexity index is 674. The summed E-state index contributed by atoms with van der Waals surface area (Å²) in [7, 11) is 0. The van der Waals surface area contributed by atoms with Crippen molar-refractivity contribution >= 4 is 17.6 Å². The summed E-state index contributed by atoms with van der Waals surface area (Å²) < 4.78 is 11.0. The minimum Gasteiger partial charge on any atom is -0.478 e. The lowest BCUT2D eigenvalue weighted by Crippen LogP contribution is -2.24. The number of halogens is 1. The van der Waals surface area contributed by atoms with Crippen molar-refractivity contribution in [3.8, 4) is 17.2 Å². The molecule has 0 radical (unpaired) electrons. The molecule has 0 amide bonds. The van der Waals surface area contributed by atoms with Crippen LogP contribution in [-0.2, 0) is 11.2 Å². The Labute approximate surface area is 119 Å². The Kier molecular flexibility index (Phi) is 3.20. The van der Waals surface area contributed by atoms with E-state index in [-0.39, 0.29) is 0 Å². The van der Waals surface area contributed by atoms with Crippen LogP contribution >= 0.6 is 11.6 Å². The van der Waals surface area contributed by atoms with E-state index in [0.717, 1.165) is 5.56 Å². The molecule has 0 aliphatic carbocycles. The molecule has 0 saturated carbocycles. The predicted octanol–water partition coefficient (Wildman–Crippen LogP) is 2.92. The second-order valence-corrected chi connectivity index (χ2v) is 4.73. The van der Waals surface area contributed by atoms with Gasteiger partial charge in [-0.25, -0.2) is 4.79 Å². The molecule has 0 bridgehead atoms. The van der Waals surface area contributed by atoms with E-state index in [0.29, 0.717) is 28.7 Å². The maximum absolute atomic E-state index is 10.9. The van der Waals surface area contributed by atoms with Crippen molar-refractivity contribution in [3.63, 3.8) is 0 Å². The third-order valence-electron chi connectivity index (χ3n) is 2.95. The van der Waals surface area contributed by atoms with Crippen molar-refractivity contribution in [1.29, 1.82) is 0 Å². The lowest BCUT2D eigenvalue weighted by Gasteiger charge is -2.08. The van der Waals surface area contributed by atoms with Crippen LogP contribution in [0.4, 0.5) is 0 Å². The van der Waals surface area contributed by atoms with E-state index in [1.54, 1.807) is 30.5 Å². The zero-order valence-corrected chi connectivity index (χ0v) is 11.0. The van der Waals surface area contributed by atoms with Gasteiger partial charge in [0.2, 0.25) is 0 Å². The van der Waals surface area contributed by atoms with Gasteiger partial charge >= 0.3 is 5.97 Å². The molecule has 1 aromatic carbocycles. The number of fused-ring (bicyclic) bond motifs is 1. The largest absolute Gasteiger partial charge is 0.478 e. The quantitative estimate of drug-likeness (QED) is 0.941. The summed E-state index contributed by atoms with van der Waals surface area (Å²) in [4.78, 5) is 14.8. The highest BCUT2D eigenvalue weighted by Gasteiger charge is 2.29. The molecule has 0 fully saturated rings. The fourth-order valence-electron chi connectivity index (χ4n) is 1.98. The van der Waals surface area contributed by atoms with Gasteiger partial charge in [0.1, 0.15) is 22.3 Å². The first-order valence-corrected chi connectivity index (χ1v) is 6.31. The molecule has 2 heterocycles. The number of aromatic nitrogens is 1. The Hall–Kier alpha value is -2.27. The van der Waals surface area contributed by atoms with Crippen LogP contribution < -0.4 is 9.47 Å². The maximum atomic E-state index is 10.9. The highest BCUT2D eigenvalue weighted by atomic mass is 35.5. The molecule has 102 valence electrons. The number of ether oxygens (including phenoxy) is 2. The summed E-state index contributed by atoms with van der Waals surface area (Å²) in [5.41, 5.74) is 0.852. The zero-order chi connectivity index (χ0) is 14.1. The molecule has 1 N–H and O–H groups in total. The molecule has 1 aromatic heterocycles. The Balaban J connectivity index is 1.83. The summed E-state index contributed by atoms with van der Waals surface area (Å²) >= 11 is 5.96. The van der Waals surface area contributed by atoms with Crippen LogP contribution in [0.25, 0.3) is 0 Å². The number of rotatable bonds is 3. The van der Waals surface area contributed by atoms with E-state index in [1.165, 1.54) is 6.20 Å². The second-order valence-electron chi connectivity index (χ2n) is 4.33. The monoisotopic (exact) mass is 291 g/mol. The SMILES string of the molecule is O=C(O)C1Cc2ccc(Oc3ccncc3Cl)cc2O1. The van der Waals surface area contributed by atoms with Gasteiger partial charge in [0.25, 0.3) is 0 Å². The van der Waals surface area contributed by atoms with Gasteiger partial charge in [-0.15, -0.1) is 0 Å². The van der Waals surface area contributed by atoms with Gasteiger partial charge in [-0.2, -0.15) is 0 Å². The standard InChI is InChI=1S/C14H10ClNO4/c15-10-7-16-4-3-11(10)19-9-2-1-8-5-13(14(17)18)20-12(8)6-9/h1-4,6-7,13H,5H2,(H,17,18). The summed E-state index contributed by atoms with van der Waals surface area (Å²) in [5, 5.41) is 9.35. The summed E-state index contributed by atoms with van der Waals surface area (Å²) in [6.07, 6.45) is 2.60. The van der Waals surface area contributed by atoms with E-state index in [4.69, 9.17) is 26.2 Å². The third-order valence-corrected chi connectivity index (χ3v) is 3.24. The molecular weight excluding hydrogens is 282 g/mol. The molecule has 5 nitrogen and oxygen atoms in total.